The molecule has 72 valence electrons. The van der Waals surface area contributed by atoms with Crippen molar-refractivity contribution >= 4 is 0 Å². The molecule has 0 heterocycles. The minimum atomic E-state index is 0.612. The molecule has 0 aromatic heterocycles. The molecule has 0 N–H and O–H groups in total. The monoisotopic (exact) mass is 178 g/mol. The number of nitrogens with zero attached hydrogens (tertiary/aromatic N) is 1. The van der Waals surface area contributed by atoms with Gasteiger partial charge in [-0.15, -0.1) is 0 Å². The Morgan fingerprint density at radius 3 is 2.00 bits per heavy atom. The summed E-state index contributed by atoms with van der Waals surface area (Å²) in [6.45, 7) is 2.25. The van der Waals surface area contributed by atoms with Crippen LogP contribution in [0.3, 0.4) is 0 Å². The van der Waals surface area contributed by atoms with E-state index in [0.717, 1.165) is 4.48 Å². The summed E-state index contributed by atoms with van der Waals surface area (Å²) in [5.74, 6) is 0. The molecule has 0 radical (unpaired) electrons. The first-order chi connectivity index (χ1) is 6.05. The average Bonchev–Trinajstić information content (AvgIpc) is 2.05. The zero-order valence-corrected chi connectivity index (χ0v) is 9.12. The van der Waals surface area contributed by atoms with Crippen LogP contribution in [0.15, 0.2) is 30.3 Å². The van der Waals surface area contributed by atoms with Gasteiger partial charge in [-0.05, 0) is 0 Å². The third-order valence-corrected chi connectivity index (χ3v) is 2.51. The molecule has 0 saturated carbocycles. The summed E-state index contributed by atoms with van der Waals surface area (Å²) in [7, 11) is 6.75. The Morgan fingerprint density at radius 2 is 1.62 bits per heavy atom. The van der Waals surface area contributed by atoms with Crippen LogP contribution in [-0.2, 0) is 0 Å². The van der Waals surface area contributed by atoms with Crippen LogP contribution >= 0.6 is 0 Å². The minimum Gasteiger partial charge on any atom is -0.325 e. The molecule has 0 fully saturated rings. The van der Waals surface area contributed by atoms with Gasteiger partial charge in [0, 0.05) is 12.0 Å². The van der Waals surface area contributed by atoms with Crippen molar-refractivity contribution in [2.45, 2.75) is 19.4 Å². The van der Waals surface area contributed by atoms with Gasteiger partial charge < -0.3 is 4.48 Å². The summed E-state index contributed by atoms with van der Waals surface area (Å²) in [4.78, 5) is 0. The molecule has 0 bridgehead atoms. The van der Waals surface area contributed by atoms with Gasteiger partial charge in [0.05, 0.1) is 21.1 Å². The van der Waals surface area contributed by atoms with Crippen LogP contribution in [0.4, 0.5) is 0 Å². The number of hydrogen-bond donors (Lipinski definition) is 0. The van der Waals surface area contributed by atoms with E-state index in [1.165, 1.54) is 12.0 Å². The highest BCUT2D eigenvalue weighted by Crippen LogP contribution is 2.25. The highest BCUT2D eigenvalue weighted by atomic mass is 15.3. The molecule has 0 aliphatic rings. The summed E-state index contributed by atoms with van der Waals surface area (Å²) in [5, 5.41) is 0. The van der Waals surface area contributed by atoms with Crippen molar-refractivity contribution in [2.75, 3.05) is 21.1 Å². The van der Waals surface area contributed by atoms with E-state index in [1.54, 1.807) is 0 Å². The van der Waals surface area contributed by atoms with E-state index >= 15 is 0 Å². The normalized spacial score (nSPS) is 14.2. The predicted molar refractivity (Wildman–Crippen MR) is 57.5 cm³/mol. The first-order valence-corrected chi connectivity index (χ1v) is 4.91. The predicted octanol–water partition coefficient (Wildman–Crippen LogP) is 2.84. The maximum absolute atomic E-state index is 2.25. The van der Waals surface area contributed by atoms with Crippen LogP contribution in [-0.4, -0.2) is 25.6 Å². The first kappa shape index (κ1) is 10.3. The molecule has 0 spiro atoms. The van der Waals surface area contributed by atoms with Crippen LogP contribution < -0.4 is 0 Å². The highest BCUT2D eigenvalue weighted by Gasteiger charge is 2.22. The third kappa shape index (κ3) is 2.56. The van der Waals surface area contributed by atoms with Gasteiger partial charge in [0.2, 0.25) is 0 Å². The lowest BCUT2D eigenvalue weighted by Gasteiger charge is -2.33. The summed E-state index contributed by atoms with van der Waals surface area (Å²) >= 11 is 0. The molecular weight excluding hydrogens is 158 g/mol. The van der Waals surface area contributed by atoms with E-state index in [-0.39, 0.29) is 0 Å². The zero-order valence-electron chi connectivity index (χ0n) is 9.12. The second-order valence-corrected chi connectivity index (χ2v) is 4.45. The standard InChI is InChI=1S/C12H20N/c1-5-12(13(2,3)4)11-9-7-6-8-10-11/h6-10,12H,5H2,1-4H3/q+1. The smallest absolute Gasteiger partial charge is 0.114 e. The lowest BCUT2D eigenvalue weighted by atomic mass is 10.0. The van der Waals surface area contributed by atoms with E-state index in [0.29, 0.717) is 6.04 Å². The second-order valence-electron chi connectivity index (χ2n) is 4.45. The van der Waals surface area contributed by atoms with Gasteiger partial charge in [0.25, 0.3) is 0 Å². The van der Waals surface area contributed by atoms with Gasteiger partial charge in [-0.3, -0.25) is 0 Å². The Hall–Kier alpha value is -0.820. The molecule has 1 aromatic rings. The van der Waals surface area contributed by atoms with E-state index in [9.17, 15) is 0 Å². The van der Waals surface area contributed by atoms with Crippen LogP contribution in [0.25, 0.3) is 0 Å². The van der Waals surface area contributed by atoms with E-state index in [1.807, 2.05) is 0 Å². The lowest BCUT2D eigenvalue weighted by Crippen LogP contribution is -2.38. The summed E-state index contributed by atoms with van der Waals surface area (Å²) < 4.78 is 1.00. The highest BCUT2D eigenvalue weighted by molar-refractivity contribution is 5.17. The van der Waals surface area contributed by atoms with Crippen molar-refractivity contribution in [3.63, 3.8) is 0 Å². The van der Waals surface area contributed by atoms with Crippen molar-refractivity contribution in [3.8, 4) is 0 Å². The van der Waals surface area contributed by atoms with Gasteiger partial charge in [0.1, 0.15) is 6.04 Å². The summed E-state index contributed by atoms with van der Waals surface area (Å²) in [5.41, 5.74) is 1.44. The maximum Gasteiger partial charge on any atom is 0.114 e. The Kier molecular flexibility index (Phi) is 3.10. The molecule has 1 rings (SSSR count). The van der Waals surface area contributed by atoms with Crippen LogP contribution in [0, 0.1) is 0 Å². The van der Waals surface area contributed by atoms with Gasteiger partial charge in [0.15, 0.2) is 0 Å². The van der Waals surface area contributed by atoms with Gasteiger partial charge in [-0.25, -0.2) is 0 Å². The fourth-order valence-electron chi connectivity index (χ4n) is 1.91. The average molecular weight is 178 g/mol. The quantitative estimate of drug-likeness (QED) is 0.624. The summed E-state index contributed by atoms with van der Waals surface area (Å²) in [6, 6.07) is 11.4. The van der Waals surface area contributed by atoms with Crippen LogP contribution in [0.2, 0.25) is 0 Å². The molecule has 0 saturated heterocycles. The number of benzene rings is 1. The number of rotatable bonds is 3. The molecular formula is C12H20N+. The van der Waals surface area contributed by atoms with E-state index < -0.39 is 0 Å². The van der Waals surface area contributed by atoms with Gasteiger partial charge in [-0.2, -0.15) is 0 Å². The maximum atomic E-state index is 2.25. The van der Waals surface area contributed by atoms with Crippen LogP contribution in [0.1, 0.15) is 24.9 Å². The molecule has 1 aromatic carbocycles. The third-order valence-electron chi connectivity index (χ3n) is 2.51. The van der Waals surface area contributed by atoms with Crippen molar-refractivity contribution in [1.82, 2.24) is 0 Å². The summed E-state index contributed by atoms with van der Waals surface area (Å²) in [6.07, 6.45) is 1.19. The van der Waals surface area contributed by atoms with Crippen molar-refractivity contribution in [1.29, 1.82) is 0 Å². The fourth-order valence-corrected chi connectivity index (χ4v) is 1.91. The Balaban J connectivity index is 2.92. The van der Waals surface area contributed by atoms with E-state index in [2.05, 4.69) is 58.4 Å². The minimum absolute atomic E-state index is 0.612. The van der Waals surface area contributed by atoms with Gasteiger partial charge >= 0.3 is 0 Å². The lowest BCUT2D eigenvalue weighted by molar-refractivity contribution is -0.902. The molecule has 1 atom stereocenters. The van der Waals surface area contributed by atoms with Crippen LogP contribution in [0.5, 0.6) is 0 Å². The molecule has 1 unspecified atom stereocenters. The largest absolute Gasteiger partial charge is 0.325 e. The molecule has 0 aliphatic heterocycles. The molecule has 0 aliphatic carbocycles. The molecule has 0 amide bonds. The molecule has 1 nitrogen and oxygen atoms in total. The Bertz CT molecular complexity index is 246. The molecule has 13 heavy (non-hydrogen) atoms. The van der Waals surface area contributed by atoms with Crippen molar-refractivity contribution in [3.05, 3.63) is 35.9 Å². The number of quaternary nitrogens is 1. The Morgan fingerprint density at radius 1 is 1.08 bits per heavy atom. The zero-order chi connectivity index (χ0) is 9.90. The second kappa shape index (κ2) is 3.93. The van der Waals surface area contributed by atoms with Gasteiger partial charge in [-0.1, -0.05) is 37.3 Å². The van der Waals surface area contributed by atoms with Crippen molar-refractivity contribution in [2.24, 2.45) is 0 Å². The van der Waals surface area contributed by atoms with Crippen molar-refractivity contribution < 1.29 is 4.48 Å². The first-order valence-electron chi connectivity index (χ1n) is 4.91. The topological polar surface area (TPSA) is 0 Å². The molecule has 1 heteroatoms. The fraction of sp³-hybridized carbons (Fsp3) is 0.500. The SMILES string of the molecule is CCC(c1ccccc1)[N+](C)(C)C. The van der Waals surface area contributed by atoms with E-state index in [4.69, 9.17) is 0 Å². The number of hydrogen-bond acceptors (Lipinski definition) is 0. The Labute approximate surface area is 81.6 Å².